The number of nitrogens with one attached hydrogen (secondary N) is 1. The Kier molecular flexibility index (Phi) is 5.38. The number of hydrogen-bond donors (Lipinski definition) is 2. The molecule has 9 heteroatoms. The van der Waals surface area contributed by atoms with Crippen molar-refractivity contribution in [2.75, 3.05) is 25.2 Å². The zero-order valence-electron chi connectivity index (χ0n) is 19.9. The van der Waals surface area contributed by atoms with Crippen LogP contribution in [0.5, 0.6) is 17.2 Å². The van der Waals surface area contributed by atoms with E-state index in [0.717, 1.165) is 4.90 Å². The van der Waals surface area contributed by atoms with Crippen LogP contribution in [0.4, 0.5) is 5.69 Å². The number of rotatable bonds is 4. The van der Waals surface area contributed by atoms with E-state index in [2.05, 4.69) is 5.32 Å². The first-order valence-corrected chi connectivity index (χ1v) is 11.9. The van der Waals surface area contributed by atoms with Crippen molar-refractivity contribution in [2.45, 2.75) is 11.6 Å². The second kappa shape index (κ2) is 8.63. The number of imide groups is 1. The molecule has 2 N–H and O–H groups in total. The van der Waals surface area contributed by atoms with Gasteiger partial charge in [0.25, 0.3) is 0 Å². The maximum Gasteiger partial charge on any atom is 0.331 e. The minimum Gasteiger partial charge on any atom is -0.508 e. The number of fused-ring (bicyclic) bond motifs is 2. The van der Waals surface area contributed by atoms with Gasteiger partial charge in [-0.1, -0.05) is 42.5 Å². The normalized spacial score (nSPS) is 26.2. The molecule has 2 amide bonds. The highest BCUT2D eigenvalue weighted by atomic mass is 16.6. The summed E-state index contributed by atoms with van der Waals surface area (Å²) in [5.74, 6) is -2.59. The summed E-state index contributed by atoms with van der Waals surface area (Å²) in [5.41, 5.74) is -0.105. The van der Waals surface area contributed by atoms with Gasteiger partial charge < -0.3 is 19.3 Å². The summed E-state index contributed by atoms with van der Waals surface area (Å²) >= 11 is 0. The highest BCUT2D eigenvalue weighted by molar-refractivity contribution is 6.24. The third-order valence-corrected chi connectivity index (χ3v) is 7.33. The van der Waals surface area contributed by atoms with Gasteiger partial charge in [-0.05, 0) is 35.4 Å². The SMILES string of the molecule is COC(=O)[C@]1(c2ccccc2)N[C@@H](c2ccc(O)cc2)[C@H]2C(=O)N(c3ccc4c(c3)OCCO4)C(=O)[C@H]21. The van der Waals surface area contributed by atoms with E-state index in [1.165, 1.54) is 19.2 Å². The molecule has 3 aromatic carbocycles. The third-order valence-electron chi connectivity index (χ3n) is 7.33. The molecule has 6 rings (SSSR count). The number of hydrogen-bond acceptors (Lipinski definition) is 8. The molecule has 0 bridgehead atoms. The molecule has 0 aliphatic carbocycles. The summed E-state index contributed by atoms with van der Waals surface area (Å²) in [6.07, 6.45) is 0. The van der Waals surface area contributed by atoms with Crippen LogP contribution in [-0.2, 0) is 24.7 Å². The molecule has 0 saturated carbocycles. The Morgan fingerprint density at radius 3 is 2.38 bits per heavy atom. The van der Waals surface area contributed by atoms with Crippen molar-refractivity contribution < 1.29 is 33.7 Å². The van der Waals surface area contributed by atoms with Crippen molar-refractivity contribution in [3.63, 3.8) is 0 Å². The molecular weight excluding hydrogens is 476 g/mol. The molecule has 3 heterocycles. The first kappa shape index (κ1) is 23.1. The smallest absolute Gasteiger partial charge is 0.331 e. The van der Waals surface area contributed by atoms with Crippen LogP contribution in [-0.4, -0.2) is 43.2 Å². The van der Waals surface area contributed by atoms with Gasteiger partial charge in [0.15, 0.2) is 17.0 Å². The quantitative estimate of drug-likeness (QED) is 0.415. The number of anilines is 1. The first-order valence-electron chi connectivity index (χ1n) is 11.9. The summed E-state index contributed by atoms with van der Waals surface area (Å²) in [4.78, 5) is 42.9. The second-order valence-corrected chi connectivity index (χ2v) is 9.22. The van der Waals surface area contributed by atoms with Crippen molar-refractivity contribution >= 4 is 23.5 Å². The molecule has 37 heavy (non-hydrogen) atoms. The molecule has 2 fully saturated rings. The molecule has 3 aromatic rings. The minimum atomic E-state index is -1.61. The molecule has 0 radical (unpaired) electrons. The lowest BCUT2D eigenvalue weighted by Crippen LogP contribution is -2.53. The average Bonchev–Trinajstić information content (AvgIpc) is 3.43. The van der Waals surface area contributed by atoms with Gasteiger partial charge in [-0.3, -0.25) is 14.9 Å². The van der Waals surface area contributed by atoms with Crippen LogP contribution < -0.4 is 19.7 Å². The summed E-state index contributed by atoms with van der Waals surface area (Å²) in [7, 11) is 1.26. The number of phenols is 1. The van der Waals surface area contributed by atoms with Gasteiger partial charge in [-0.25, -0.2) is 9.69 Å². The van der Waals surface area contributed by atoms with Gasteiger partial charge in [0.1, 0.15) is 19.0 Å². The predicted octanol–water partition coefficient (Wildman–Crippen LogP) is 2.68. The molecule has 9 nitrogen and oxygen atoms in total. The molecule has 0 unspecified atom stereocenters. The van der Waals surface area contributed by atoms with Crippen molar-refractivity contribution in [2.24, 2.45) is 11.8 Å². The second-order valence-electron chi connectivity index (χ2n) is 9.22. The van der Waals surface area contributed by atoms with E-state index in [0.29, 0.717) is 41.5 Å². The van der Waals surface area contributed by atoms with Crippen LogP contribution in [0, 0.1) is 11.8 Å². The molecule has 2 saturated heterocycles. The lowest BCUT2D eigenvalue weighted by atomic mass is 9.75. The van der Waals surface area contributed by atoms with Crippen molar-refractivity contribution in [3.8, 4) is 17.2 Å². The Balaban J connectivity index is 1.52. The number of carbonyl (C=O) groups excluding carboxylic acids is 3. The fraction of sp³-hybridized carbons (Fsp3) is 0.250. The summed E-state index contributed by atoms with van der Waals surface area (Å²) in [5, 5.41) is 13.2. The Morgan fingerprint density at radius 2 is 1.68 bits per heavy atom. The largest absolute Gasteiger partial charge is 0.508 e. The van der Waals surface area contributed by atoms with E-state index in [1.807, 2.05) is 6.07 Å². The topological polar surface area (TPSA) is 114 Å². The van der Waals surface area contributed by atoms with Crippen molar-refractivity contribution in [1.82, 2.24) is 5.32 Å². The molecule has 0 aromatic heterocycles. The summed E-state index contributed by atoms with van der Waals surface area (Å²) in [6.45, 7) is 0.771. The number of aromatic hydroxyl groups is 1. The van der Waals surface area contributed by atoms with Crippen LogP contribution in [0.1, 0.15) is 17.2 Å². The van der Waals surface area contributed by atoms with Gasteiger partial charge in [-0.15, -0.1) is 0 Å². The number of benzene rings is 3. The third kappa shape index (κ3) is 3.38. The van der Waals surface area contributed by atoms with Gasteiger partial charge in [0, 0.05) is 12.1 Å². The van der Waals surface area contributed by atoms with Crippen LogP contribution in [0.2, 0.25) is 0 Å². The van der Waals surface area contributed by atoms with Crippen LogP contribution in [0.25, 0.3) is 0 Å². The zero-order chi connectivity index (χ0) is 25.7. The number of ether oxygens (including phenoxy) is 3. The predicted molar refractivity (Wildman–Crippen MR) is 131 cm³/mol. The van der Waals surface area contributed by atoms with Crippen LogP contribution in [0.3, 0.4) is 0 Å². The zero-order valence-corrected chi connectivity index (χ0v) is 19.9. The number of esters is 1. The average molecular weight is 501 g/mol. The first-order chi connectivity index (χ1) is 18.0. The molecule has 0 spiro atoms. The maximum absolute atomic E-state index is 14.2. The van der Waals surface area contributed by atoms with Crippen LogP contribution >= 0.6 is 0 Å². The van der Waals surface area contributed by atoms with E-state index >= 15 is 0 Å². The fourth-order valence-electron chi connectivity index (χ4n) is 5.73. The van der Waals surface area contributed by atoms with Gasteiger partial charge in [0.2, 0.25) is 11.8 Å². The number of carbonyl (C=O) groups is 3. The molecule has 188 valence electrons. The molecule has 4 atom stereocenters. The Labute approximate surface area is 212 Å². The Morgan fingerprint density at radius 1 is 0.973 bits per heavy atom. The van der Waals surface area contributed by atoms with E-state index in [4.69, 9.17) is 14.2 Å². The van der Waals surface area contributed by atoms with Gasteiger partial charge >= 0.3 is 5.97 Å². The summed E-state index contributed by atoms with van der Waals surface area (Å²) < 4.78 is 16.5. The highest BCUT2D eigenvalue weighted by Crippen LogP contribution is 2.54. The highest BCUT2D eigenvalue weighted by Gasteiger charge is 2.69. The standard InChI is InChI=1S/C28H24N2O7/c1-35-27(34)28(17-5-3-2-4-6-17)23-22(24(29-28)16-7-10-19(31)11-8-16)25(32)30(26(23)33)18-9-12-20-21(15-18)37-14-13-36-20/h2-12,15,22-24,29,31H,13-14H2,1H3/t22-,23-,24-,28+/m0/s1. The minimum absolute atomic E-state index is 0.0623. The Bertz CT molecular complexity index is 1390. The number of amides is 2. The number of phenolic OH excluding ortho intramolecular Hbond substituents is 1. The molecule has 3 aliphatic heterocycles. The number of nitrogens with zero attached hydrogens (tertiary/aromatic N) is 1. The maximum atomic E-state index is 14.2. The lowest BCUT2D eigenvalue weighted by Gasteiger charge is -2.33. The van der Waals surface area contributed by atoms with E-state index < -0.39 is 41.2 Å². The van der Waals surface area contributed by atoms with E-state index in [9.17, 15) is 19.5 Å². The van der Waals surface area contributed by atoms with Gasteiger partial charge in [0.05, 0.1) is 24.6 Å². The fourth-order valence-corrected chi connectivity index (χ4v) is 5.73. The van der Waals surface area contributed by atoms with E-state index in [-0.39, 0.29) is 5.75 Å². The Hall–Kier alpha value is -4.37. The lowest BCUT2D eigenvalue weighted by molar-refractivity contribution is -0.152. The van der Waals surface area contributed by atoms with E-state index in [1.54, 1.807) is 54.6 Å². The monoisotopic (exact) mass is 500 g/mol. The van der Waals surface area contributed by atoms with Crippen LogP contribution in [0.15, 0.2) is 72.8 Å². The molecular formula is C28H24N2O7. The number of methoxy groups -OCH3 is 1. The van der Waals surface area contributed by atoms with Crippen molar-refractivity contribution in [1.29, 1.82) is 0 Å². The molecule has 3 aliphatic rings. The van der Waals surface area contributed by atoms with Crippen molar-refractivity contribution in [3.05, 3.63) is 83.9 Å². The summed E-state index contributed by atoms with van der Waals surface area (Å²) in [6, 6.07) is 19.4. The van der Waals surface area contributed by atoms with Gasteiger partial charge in [-0.2, -0.15) is 0 Å².